The highest BCUT2D eigenvalue weighted by Gasteiger charge is 2.32. The zero-order valence-electron chi connectivity index (χ0n) is 17.4. The molecule has 0 unspecified atom stereocenters. The molecular weight excluding hydrogens is 402 g/mol. The van der Waals surface area contributed by atoms with Gasteiger partial charge in [-0.25, -0.2) is 4.79 Å². The van der Waals surface area contributed by atoms with Crippen molar-refractivity contribution in [3.63, 3.8) is 0 Å². The Labute approximate surface area is 180 Å². The van der Waals surface area contributed by atoms with Crippen LogP contribution >= 0.6 is 11.8 Å². The molecule has 2 aliphatic rings. The highest BCUT2D eigenvalue weighted by atomic mass is 32.2. The summed E-state index contributed by atoms with van der Waals surface area (Å²) in [7, 11) is 3.01. The van der Waals surface area contributed by atoms with E-state index < -0.39 is 5.97 Å². The van der Waals surface area contributed by atoms with E-state index >= 15 is 0 Å². The number of hydrogen-bond acceptors (Lipinski definition) is 7. The van der Waals surface area contributed by atoms with Crippen LogP contribution < -0.4 is 9.80 Å². The van der Waals surface area contributed by atoms with E-state index in [4.69, 9.17) is 4.74 Å². The summed E-state index contributed by atoms with van der Waals surface area (Å²) in [5, 5.41) is 9.66. The number of aromatic nitrogens is 3. The maximum absolute atomic E-state index is 12.9. The lowest BCUT2D eigenvalue weighted by atomic mass is 10.1. The molecule has 1 aliphatic carbocycles. The minimum Gasteiger partial charge on any atom is -0.465 e. The summed E-state index contributed by atoms with van der Waals surface area (Å²) >= 11 is 1.41. The lowest BCUT2D eigenvalue weighted by molar-refractivity contribution is -0.115. The molecule has 1 aromatic carbocycles. The van der Waals surface area contributed by atoms with E-state index in [9.17, 15) is 9.59 Å². The molecule has 1 saturated carbocycles. The van der Waals surface area contributed by atoms with Crippen LogP contribution in [-0.2, 0) is 9.53 Å². The maximum atomic E-state index is 12.9. The number of benzene rings is 1. The molecule has 1 aromatic heterocycles. The van der Waals surface area contributed by atoms with Crippen LogP contribution in [0.3, 0.4) is 0 Å². The van der Waals surface area contributed by atoms with Crippen molar-refractivity contribution in [1.82, 2.24) is 14.8 Å². The van der Waals surface area contributed by atoms with Crippen LogP contribution in [0.2, 0.25) is 0 Å². The Morgan fingerprint density at radius 3 is 2.60 bits per heavy atom. The summed E-state index contributed by atoms with van der Waals surface area (Å²) in [5.74, 6) is 0.590. The molecule has 0 N–H and O–H groups in total. The molecular formula is C21H27N5O3S. The van der Waals surface area contributed by atoms with Crippen LogP contribution in [0.25, 0.3) is 0 Å². The summed E-state index contributed by atoms with van der Waals surface area (Å²) in [4.78, 5) is 28.7. The van der Waals surface area contributed by atoms with Gasteiger partial charge in [0.2, 0.25) is 11.9 Å². The third-order valence-corrected chi connectivity index (χ3v) is 6.49. The summed E-state index contributed by atoms with van der Waals surface area (Å²) in [6.45, 7) is 2.03. The van der Waals surface area contributed by atoms with Gasteiger partial charge in [-0.1, -0.05) is 23.9 Å². The van der Waals surface area contributed by atoms with E-state index in [1.165, 1.54) is 43.0 Å². The molecule has 0 radical (unpaired) electrons. The van der Waals surface area contributed by atoms with Gasteiger partial charge < -0.3 is 14.5 Å². The van der Waals surface area contributed by atoms with Crippen LogP contribution in [0.4, 0.5) is 11.6 Å². The zero-order valence-corrected chi connectivity index (χ0v) is 18.2. The van der Waals surface area contributed by atoms with Gasteiger partial charge in [-0.05, 0) is 44.2 Å². The SMILES string of the molecule is COC(=O)c1ccccc1N(C)C(=O)CSc1nnc(N2CCCCC2)n1C1CC1. The van der Waals surface area contributed by atoms with E-state index in [-0.39, 0.29) is 11.7 Å². The largest absolute Gasteiger partial charge is 0.465 e. The normalized spacial score (nSPS) is 16.4. The number of methoxy groups -OCH3 is 1. The van der Waals surface area contributed by atoms with E-state index in [1.54, 1.807) is 31.3 Å². The first-order valence-corrected chi connectivity index (χ1v) is 11.3. The van der Waals surface area contributed by atoms with Crippen molar-refractivity contribution in [3.8, 4) is 0 Å². The summed E-state index contributed by atoms with van der Waals surface area (Å²) in [6.07, 6.45) is 5.90. The molecule has 9 heteroatoms. The van der Waals surface area contributed by atoms with E-state index in [2.05, 4.69) is 19.7 Å². The number of hydrogen-bond donors (Lipinski definition) is 0. The van der Waals surface area contributed by atoms with Crippen LogP contribution in [0.1, 0.15) is 48.5 Å². The standard InChI is InChI=1S/C21H27N5O3S/c1-24(17-9-5-4-8-16(17)19(28)29-2)18(27)14-30-21-23-22-20(26(21)15-10-11-15)25-12-6-3-7-13-25/h4-5,8-9,15H,3,6-7,10-14H2,1-2H3. The Kier molecular flexibility index (Phi) is 6.26. The predicted octanol–water partition coefficient (Wildman–Crippen LogP) is 3.15. The number of carbonyl (C=O) groups excluding carboxylic acids is 2. The smallest absolute Gasteiger partial charge is 0.339 e. The molecule has 1 aliphatic heterocycles. The van der Waals surface area contributed by atoms with Gasteiger partial charge in [0.05, 0.1) is 24.1 Å². The molecule has 30 heavy (non-hydrogen) atoms. The van der Waals surface area contributed by atoms with E-state index in [0.717, 1.165) is 37.0 Å². The van der Waals surface area contributed by atoms with Crippen LogP contribution in [0, 0.1) is 0 Å². The Morgan fingerprint density at radius 1 is 1.17 bits per heavy atom. The van der Waals surface area contributed by atoms with Crippen molar-refractivity contribution in [2.24, 2.45) is 0 Å². The molecule has 1 amide bonds. The van der Waals surface area contributed by atoms with Gasteiger partial charge in [-0.3, -0.25) is 9.36 Å². The quantitative estimate of drug-likeness (QED) is 0.494. The van der Waals surface area contributed by atoms with E-state index in [0.29, 0.717) is 17.3 Å². The molecule has 0 spiro atoms. The highest BCUT2D eigenvalue weighted by molar-refractivity contribution is 7.99. The van der Waals surface area contributed by atoms with Crippen molar-refractivity contribution >= 4 is 35.3 Å². The Bertz CT molecular complexity index is 921. The zero-order chi connectivity index (χ0) is 21.1. The summed E-state index contributed by atoms with van der Waals surface area (Å²) in [6, 6.07) is 7.39. The monoisotopic (exact) mass is 429 g/mol. The summed E-state index contributed by atoms with van der Waals surface area (Å²) in [5.41, 5.74) is 0.905. The number of nitrogens with zero attached hydrogens (tertiary/aromatic N) is 5. The molecule has 1 saturated heterocycles. The Balaban J connectivity index is 1.47. The average Bonchev–Trinajstić information content (AvgIpc) is 3.55. The summed E-state index contributed by atoms with van der Waals surface area (Å²) < 4.78 is 7.05. The third kappa shape index (κ3) is 4.30. The van der Waals surface area contributed by atoms with Gasteiger partial charge in [-0.15, -0.1) is 10.2 Å². The van der Waals surface area contributed by atoms with Crippen LogP contribution in [-0.4, -0.2) is 59.6 Å². The minimum absolute atomic E-state index is 0.110. The molecule has 8 nitrogen and oxygen atoms in total. The highest BCUT2D eigenvalue weighted by Crippen LogP contribution is 2.41. The van der Waals surface area contributed by atoms with Crippen LogP contribution in [0.15, 0.2) is 29.4 Å². The maximum Gasteiger partial charge on any atom is 0.339 e. The Hall–Kier alpha value is -2.55. The number of thioether (sulfide) groups is 1. The molecule has 2 fully saturated rings. The van der Waals surface area contributed by atoms with Gasteiger partial charge >= 0.3 is 5.97 Å². The van der Waals surface area contributed by atoms with Crippen molar-refractivity contribution in [1.29, 1.82) is 0 Å². The average molecular weight is 430 g/mol. The number of esters is 1. The minimum atomic E-state index is -0.461. The van der Waals surface area contributed by atoms with Gasteiger partial charge in [0.1, 0.15) is 0 Å². The number of carbonyl (C=O) groups is 2. The van der Waals surface area contributed by atoms with Crippen molar-refractivity contribution in [2.45, 2.75) is 43.3 Å². The number of para-hydroxylation sites is 1. The van der Waals surface area contributed by atoms with Crippen molar-refractivity contribution in [2.75, 3.05) is 42.8 Å². The molecule has 0 bridgehead atoms. The van der Waals surface area contributed by atoms with Crippen molar-refractivity contribution in [3.05, 3.63) is 29.8 Å². The molecule has 4 rings (SSSR count). The van der Waals surface area contributed by atoms with Gasteiger partial charge in [0.15, 0.2) is 5.16 Å². The second kappa shape index (κ2) is 9.07. The van der Waals surface area contributed by atoms with Crippen molar-refractivity contribution < 1.29 is 14.3 Å². The fraction of sp³-hybridized carbons (Fsp3) is 0.524. The molecule has 0 atom stereocenters. The van der Waals surface area contributed by atoms with Gasteiger partial charge in [0.25, 0.3) is 0 Å². The van der Waals surface area contributed by atoms with E-state index in [1.807, 2.05) is 0 Å². The number of ether oxygens (including phenoxy) is 1. The number of amides is 1. The molecule has 2 heterocycles. The van der Waals surface area contributed by atoms with Crippen LogP contribution in [0.5, 0.6) is 0 Å². The predicted molar refractivity (Wildman–Crippen MR) is 116 cm³/mol. The van der Waals surface area contributed by atoms with Gasteiger partial charge in [-0.2, -0.15) is 0 Å². The first-order valence-electron chi connectivity index (χ1n) is 10.4. The molecule has 2 aromatic rings. The first kappa shape index (κ1) is 20.7. The topological polar surface area (TPSA) is 80.6 Å². The fourth-order valence-corrected chi connectivity index (χ4v) is 4.65. The second-order valence-corrected chi connectivity index (χ2v) is 8.62. The number of anilines is 2. The first-order chi connectivity index (χ1) is 14.6. The second-order valence-electron chi connectivity index (χ2n) is 7.68. The lowest BCUT2D eigenvalue weighted by Gasteiger charge is -2.27. The lowest BCUT2D eigenvalue weighted by Crippen LogP contribution is -2.32. The Morgan fingerprint density at radius 2 is 1.90 bits per heavy atom. The number of piperidine rings is 1. The number of rotatable bonds is 7. The third-order valence-electron chi connectivity index (χ3n) is 5.57. The van der Waals surface area contributed by atoms with Gasteiger partial charge in [0, 0.05) is 26.2 Å². The fourth-order valence-electron chi connectivity index (χ4n) is 3.74. The molecule has 160 valence electrons.